The van der Waals surface area contributed by atoms with Crippen LogP contribution in [-0.4, -0.2) is 16.1 Å². The number of aromatic nitrogens is 1. The van der Waals surface area contributed by atoms with Gasteiger partial charge in [0.2, 0.25) is 0 Å². The van der Waals surface area contributed by atoms with Gasteiger partial charge in [-0.25, -0.2) is 9.78 Å². The fraction of sp³-hybridized carbons (Fsp3) is 0.333. The summed E-state index contributed by atoms with van der Waals surface area (Å²) in [5, 5.41) is 11.4. The maximum Gasteiger partial charge on any atom is 0.355 e. The number of carboxylic acids is 1. The third-order valence-corrected chi connectivity index (χ3v) is 4.47. The molecule has 1 heterocycles. The van der Waals surface area contributed by atoms with Crippen molar-refractivity contribution >= 4 is 17.3 Å². The monoisotopic (exact) mass is 275 g/mol. The fourth-order valence-electron chi connectivity index (χ4n) is 2.21. The first-order valence-electron chi connectivity index (χ1n) is 6.14. The van der Waals surface area contributed by atoms with Crippen LogP contribution in [-0.2, 0) is 6.42 Å². The number of aromatic carboxylic acids is 1. The average molecular weight is 275 g/mol. The molecule has 3 nitrogen and oxygen atoms in total. The van der Waals surface area contributed by atoms with Crippen molar-refractivity contribution in [2.75, 3.05) is 0 Å². The molecule has 0 fully saturated rings. The van der Waals surface area contributed by atoms with E-state index < -0.39 is 5.97 Å². The largest absolute Gasteiger partial charge is 0.476 e. The van der Waals surface area contributed by atoms with E-state index >= 15 is 0 Å². The maximum atomic E-state index is 10.9. The van der Waals surface area contributed by atoms with Crippen LogP contribution in [0.3, 0.4) is 0 Å². The van der Waals surface area contributed by atoms with Crippen LogP contribution >= 0.6 is 11.3 Å². The van der Waals surface area contributed by atoms with Crippen molar-refractivity contribution in [2.45, 2.75) is 34.1 Å². The molecule has 19 heavy (non-hydrogen) atoms. The van der Waals surface area contributed by atoms with E-state index in [9.17, 15) is 4.79 Å². The molecule has 0 aliphatic carbocycles. The lowest BCUT2D eigenvalue weighted by Crippen LogP contribution is -2.01. The number of carboxylic acid groups (broad SMARTS) is 1. The van der Waals surface area contributed by atoms with Gasteiger partial charge in [-0.2, -0.15) is 0 Å². The third-order valence-electron chi connectivity index (χ3n) is 3.62. The van der Waals surface area contributed by atoms with Crippen molar-refractivity contribution < 1.29 is 9.90 Å². The molecular formula is C15H17NO2S. The van der Waals surface area contributed by atoms with Crippen LogP contribution in [0.5, 0.6) is 0 Å². The van der Waals surface area contributed by atoms with Crippen molar-refractivity contribution in [1.82, 2.24) is 4.98 Å². The molecule has 2 rings (SSSR count). The number of aryl methyl sites for hydroxylation is 2. The van der Waals surface area contributed by atoms with Crippen molar-refractivity contribution in [3.63, 3.8) is 0 Å². The summed E-state index contributed by atoms with van der Waals surface area (Å²) in [6.07, 6.45) is 0.706. The van der Waals surface area contributed by atoms with Gasteiger partial charge in [-0.05, 0) is 55.5 Å². The molecule has 1 aromatic carbocycles. The normalized spacial score (nSPS) is 10.7. The predicted octanol–water partition coefficient (Wildman–Crippen LogP) is 3.67. The van der Waals surface area contributed by atoms with Crippen LogP contribution in [0.4, 0.5) is 0 Å². The minimum atomic E-state index is -0.962. The Morgan fingerprint density at radius 2 is 1.79 bits per heavy atom. The van der Waals surface area contributed by atoms with E-state index in [1.807, 2.05) is 0 Å². The number of thiazole rings is 1. The fourth-order valence-corrected chi connectivity index (χ4v) is 2.99. The highest BCUT2D eigenvalue weighted by molar-refractivity contribution is 7.09. The van der Waals surface area contributed by atoms with E-state index in [-0.39, 0.29) is 5.69 Å². The lowest BCUT2D eigenvalue weighted by atomic mass is 9.92. The smallest absolute Gasteiger partial charge is 0.355 e. The maximum absolute atomic E-state index is 10.9. The zero-order valence-corrected chi connectivity index (χ0v) is 12.4. The first-order chi connectivity index (χ1) is 8.90. The zero-order valence-electron chi connectivity index (χ0n) is 11.6. The Morgan fingerprint density at radius 3 is 2.26 bits per heavy atom. The summed E-state index contributed by atoms with van der Waals surface area (Å²) in [6.45, 7) is 8.44. The van der Waals surface area contributed by atoms with Crippen molar-refractivity contribution in [3.8, 4) is 0 Å². The van der Waals surface area contributed by atoms with Crippen LogP contribution in [0.2, 0.25) is 0 Å². The number of hydrogen-bond acceptors (Lipinski definition) is 3. The van der Waals surface area contributed by atoms with Gasteiger partial charge in [0.05, 0.1) is 5.01 Å². The van der Waals surface area contributed by atoms with Gasteiger partial charge in [-0.15, -0.1) is 11.3 Å². The number of nitrogens with zero attached hydrogens (tertiary/aromatic N) is 1. The van der Waals surface area contributed by atoms with Crippen molar-refractivity contribution in [2.24, 2.45) is 0 Å². The lowest BCUT2D eigenvalue weighted by molar-refractivity contribution is 0.0691. The standard InChI is InChI=1S/C15H17NO2S/c1-8-5-9(2)11(4)12(10(8)3)6-14-16-13(7-19-14)15(17)18/h5,7H,6H2,1-4H3,(H,17,18). The van der Waals surface area contributed by atoms with Crippen molar-refractivity contribution in [1.29, 1.82) is 0 Å². The Balaban J connectivity index is 2.40. The van der Waals surface area contributed by atoms with E-state index in [1.54, 1.807) is 5.38 Å². The van der Waals surface area contributed by atoms with E-state index in [0.29, 0.717) is 6.42 Å². The highest BCUT2D eigenvalue weighted by atomic mass is 32.1. The van der Waals surface area contributed by atoms with Gasteiger partial charge in [0, 0.05) is 11.8 Å². The summed E-state index contributed by atoms with van der Waals surface area (Å²) in [4.78, 5) is 15.0. The van der Waals surface area contributed by atoms with Gasteiger partial charge in [0.25, 0.3) is 0 Å². The first kappa shape index (κ1) is 13.7. The van der Waals surface area contributed by atoms with Gasteiger partial charge >= 0.3 is 5.97 Å². The molecule has 1 N–H and O–H groups in total. The number of benzene rings is 1. The summed E-state index contributed by atoms with van der Waals surface area (Å²) in [5.74, 6) is -0.962. The van der Waals surface area contributed by atoms with Crippen molar-refractivity contribution in [3.05, 3.63) is 50.0 Å². The van der Waals surface area contributed by atoms with E-state index in [0.717, 1.165) is 5.01 Å². The Kier molecular flexibility index (Phi) is 3.71. The van der Waals surface area contributed by atoms with Crippen LogP contribution < -0.4 is 0 Å². The Morgan fingerprint density at radius 1 is 1.21 bits per heavy atom. The second-order valence-electron chi connectivity index (χ2n) is 4.85. The predicted molar refractivity (Wildman–Crippen MR) is 77.3 cm³/mol. The van der Waals surface area contributed by atoms with Gasteiger partial charge < -0.3 is 5.11 Å². The molecule has 0 radical (unpaired) electrons. The van der Waals surface area contributed by atoms with Crippen LogP contribution in [0, 0.1) is 27.7 Å². The molecule has 100 valence electrons. The van der Waals surface area contributed by atoms with Gasteiger partial charge in [-0.1, -0.05) is 6.07 Å². The van der Waals surface area contributed by atoms with E-state index in [2.05, 4.69) is 38.7 Å². The summed E-state index contributed by atoms with van der Waals surface area (Å²) in [5.41, 5.74) is 6.50. The summed E-state index contributed by atoms with van der Waals surface area (Å²) in [7, 11) is 0. The molecule has 2 aromatic rings. The number of hydrogen-bond donors (Lipinski definition) is 1. The molecular weight excluding hydrogens is 258 g/mol. The summed E-state index contributed by atoms with van der Waals surface area (Å²) >= 11 is 1.41. The molecule has 0 aliphatic rings. The number of carbonyl (C=O) groups is 1. The molecule has 0 spiro atoms. The molecule has 0 saturated heterocycles. The Labute approximate surface area is 116 Å². The second kappa shape index (κ2) is 5.13. The molecule has 0 amide bonds. The van der Waals surface area contributed by atoms with Gasteiger partial charge in [0.15, 0.2) is 5.69 Å². The van der Waals surface area contributed by atoms with Crippen LogP contribution in [0.1, 0.15) is 43.3 Å². The number of rotatable bonds is 3. The Bertz CT molecular complexity index is 618. The average Bonchev–Trinajstić information content (AvgIpc) is 2.81. The van der Waals surface area contributed by atoms with Gasteiger partial charge in [0.1, 0.15) is 0 Å². The highest BCUT2D eigenvalue weighted by Gasteiger charge is 2.13. The Hall–Kier alpha value is -1.68. The zero-order chi connectivity index (χ0) is 14.2. The topological polar surface area (TPSA) is 50.2 Å². The SMILES string of the molecule is Cc1cc(C)c(C)c(Cc2nc(C(=O)O)cs2)c1C. The highest BCUT2D eigenvalue weighted by Crippen LogP contribution is 2.25. The van der Waals surface area contributed by atoms with Gasteiger partial charge in [-0.3, -0.25) is 0 Å². The third kappa shape index (κ3) is 2.68. The lowest BCUT2D eigenvalue weighted by Gasteiger charge is -2.14. The molecule has 0 saturated carbocycles. The first-order valence-corrected chi connectivity index (χ1v) is 7.02. The second-order valence-corrected chi connectivity index (χ2v) is 5.79. The van der Waals surface area contributed by atoms with E-state index in [1.165, 1.54) is 39.2 Å². The summed E-state index contributed by atoms with van der Waals surface area (Å²) < 4.78 is 0. The summed E-state index contributed by atoms with van der Waals surface area (Å²) in [6, 6.07) is 2.19. The molecule has 4 heteroatoms. The van der Waals surface area contributed by atoms with E-state index in [4.69, 9.17) is 5.11 Å². The molecule has 0 bridgehead atoms. The van der Waals surface area contributed by atoms with Crippen LogP contribution in [0.25, 0.3) is 0 Å². The molecule has 0 atom stereocenters. The minimum absolute atomic E-state index is 0.139. The quantitative estimate of drug-likeness (QED) is 0.930. The molecule has 0 unspecified atom stereocenters. The van der Waals surface area contributed by atoms with Crippen LogP contribution in [0.15, 0.2) is 11.4 Å². The molecule has 0 aliphatic heterocycles. The molecule has 1 aromatic heterocycles. The minimum Gasteiger partial charge on any atom is -0.476 e.